The highest BCUT2D eigenvalue weighted by atomic mass is 32.2. The molecule has 0 radical (unpaired) electrons. The predicted octanol–water partition coefficient (Wildman–Crippen LogP) is 3.47. The molecule has 2 amide bonds. The second kappa shape index (κ2) is 8.34. The van der Waals surface area contributed by atoms with Crippen molar-refractivity contribution >= 4 is 21.6 Å². The van der Waals surface area contributed by atoms with E-state index in [2.05, 4.69) is 15.4 Å². The fraction of sp³-hybridized carbons (Fsp3) is 0.526. The van der Waals surface area contributed by atoms with Gasteiger partial charge in [-0.1, -0.05) is 0 Å². The lowest BCUT2D eigenvalue weighted by molar-refractivity contribution is -0.141. The van der Waals surface area contributed by atoms with Gasteiger partial charge in [-0.3, -0.25) is 4.68 Å². The molecule has 8 nitrogen and oxygen atoms in total. The third kappa shape index (κ3) is 4.57. The summed E-state index contributed by atoms with van der Waals surface area (Å²) in [5.74, 6) is -1.07. The Bertz CT molecular complexity index is 1090. The number of aryl methyl sites for hydroxylation is 1. The summed E-state index contributed by atoms with van der Waals surface area (Å²) in [4.78, 5) is 17.4. The molecule has 3 heterocycles. The first-order valence-corrected chi connectivity index (χ1v) is 11.2. The van der Waals surface area contributed by atoms with Crippen LogP contribution in [0, 0.1) is 11.9 Å². The van der Waals surface area contributed by atoms with Crippen molar-refractivity contribution in [2.75, 3.05) is 18.4 Å². The second-order valence-corrected chi connectivity index (χ2v) is 10.6. The van der Waals surface area contributed by atoms with Crippen molar-refractivity contribution < 1.29 is 30.8 Å². The third-order valence-electron chi connectivity index (χ3n) is 5.84. The van der Waals surface area contributed by atoms with E-state index >= 15 is 0 Å². The third-order valence-corrected chi connectivity index (χ3v) is 8.49. The molecule has 1 aliphatic heterocycles. The highest BCUT2D eigenvalue weighted by Gasteiger charge is 2.47. The fourth-order valence-corrected chi connectivity index (χ4v) is 5.63. The number of sulfone groups is 1. The average Bonchev–Trinajstić information content (AvgIpc) is 3.12. The van der Waals surface area contributed by atoms with E-state index in [-0.39, 0.29) is 13.1 Å². The van der Waals surface area contributed by atoms with Crippen LogP contribution in [0.4, 0.5) is 28.0 Å². The SMILES string of the molecule is Cn1nc(C(F)(F)F)cc1S(=O)(=O)C(C)(C)C1CCN(C(=O)Nc2ccc(F)nc2)CC1. The number of carbonyl (C=O) groups is 1. The quantitative estimate of drug-likeness (QED) is 0.537. The number of nitrogens with one attached hydrogen (secondary N) is 1. The van der Waals surface area contributed by atoms with Gasteiger partial charge in [-0.25, -0.2) is 18.2 Å². The summed E-state index contributed by atoms with van der Waals surface area (Å²) in [6, 6.07) is 2.60. The second-order valence-electron chi connectivity index (χ2n) is 8.16. The summed E-state index contributed by atoms with van der Waals surface area (Å²) >= 11 is 0. The van der Waals surface area contributed by atoms with E-state index < -0.39 is 49.4 Å². The van der Waals surface area contributed by atoms with Crippen LogP contribution < -0.4 is 5.32 Å². The molecule has 32 heavy (non-hydrogen) atoms. The molecule has 0 aliphatic carbocycles. The van der Waals surface area contributed by atoms with Crippen molar-refractivity contribution in [3.8, 4) is 0 Å². The minimum absolute atomic E-state index is 0.253. The molecule has 0 bridgehead atoms. The maximum absolute atomic E-state index is 13.2. The first-order chi connectivity index (χ1) is 14.7. The van der Waals surface area contributed by atoms with Crippen LogP contribution in [0.2, 0.25) is 0 Å². The number of urea groups is 1. The first kappa shape index (κ1) is 24.0. The van der Waals surface area contributed by atoms with Gasteiger partial charge in [-0.15, -0.1) is 0 Å². The lowest BCUT2D eigenvalue weighted by atomic mass is 9.86. The number of anilines is 1. The number of hydrogen-bond acceptors (Lipinski definition) is 5. The van der Waals surface area contributed by atoms with Gasteiger partial charge in [0.15, 0.2) is 10.7 Å². The van der Waals surface area contributed by atoms with Gasteiger partial charge in [-0.05, 0) is 44.7 Å². The predicted molar refractivity (Wildman–Crippen MR) is 107 cm³/mol. The molecule has 0 atom stereocenters. The van der Waals surface area contributed by atoms with E-state index in [1.165, 1.54) is 31.0 Å². The van der Waals surface area contributed by atoms with Crippen molar-refractivity contribution in [1.29, 1.82) is 0 Å². The molecule has 0 saturated carbocycles. The number of rotatable bonds is 4. The van der Waals surface area contributed by atoms with Crippen molar-refractivity contribution in [3.63, 3.8) is 0 Å². The van der Waals surface area contributed by atoms with Crippen LogP contribution >= 0.6 is 0 Å². The smallest absolute Gasteiger partial charge is 0.325 e. The number of alkyl halides is 3. The van der Waals surface area contributed by atoms with E-state index in [0.29, 0.717) is 24.6 Å². The van der Waals surface area contributed by atoms with E-state index in [1.807, 2.05) is 0 Å². The number of amides is 2. The van der Waals surface area contributed by atoms with Crippen LogP contribution in [0.15, 0.2) is 29.4 Å². The number of nitrogens with zero attached hydrogens (tertiary/aromatic N) is 4. The molecule has 0 unspecified atom stereocenters. The number of hydrogen-bond donors (Lipinski definition) is 1. The van der Waals surface area contributed by atoms with Crippen LogP contribution in [0.1, 0.15) is 32.4 Å². The van der Waals surface area contributed by atoms with E-state index in [1.54, 1.807) is 0 Å². The molecule has 1 saturated heterocycles. The van der Waals surface area contributed by atoms with Crippen molar-refractivity contribution in [3.05, 3.63) is 36.0 Å². The molecule has 176 valence electrons. The Hall–Kier alpha value is -2.70. The van der Waals surface area contributed by atoms with Gasteiger partial charge in [0.05, 0.1) is 16.6 Å². The topological polar surface area (TPSA) is 97.2 Å². The summed E-state index contributed by atoms with van der Waals surface area (Å²) in [5.41, 5.74) is -0.950. The maximum atomic E-state index is 13.2. The highest BCUT2D eigenvalue weighted by molar-refractivity contribution is 7.92. The molecule has 13 heteroatoms. The average molecular weight is 477 g/mol. The van der Waals surface area contributed by atoms with Crippen molar-refractivity contribution in [1.82, 2.24) is 19.7 Å². The molecule has 2 aromatic rings. The van der Waals surface area contributed by atoms with Crippen LogP contribution in [-0.4, -0.2) is 51.9 Å². The van der Waals surface area contributed by atoms with Gasteiger partial charge in [-0.2, -0.15) is 22.7 Å². The minimum Gasteiger partial charge on any atom is -0.325 e. The van der Waals surface area contributed by atoms with Gasteiger partial charge in [0.1, 0.15) is 0 Å². The standard InChI is InChI=1S/C19H23F4N5O3S/c1-18(2,32(30,31)16-10-14(19(21,22)23)26-27(16)3)12-6-8-28(9-7-12)17(29)25-13-4-5-15(20)24-11-13/h4-5,10-12H,6-9H2,1-3H3,(H,25,29). The lowest BCUT2D eigenvalue weighted by Gasteiger charge is -2.39. The minimum atomic E-state index is -4.76. The summed E-state index contributed by atoms with van der Waals surface area (Å²) in [6.07, 6.45) is -2.90. The number of likely N-dealkylation sites (tertiary alicyclic amines) is 1. The number of piperidine rings is 1. The zero-order valence-corrected chi connectivity index (χ0v) is 18.5. The Morgan fingerprint density at radius 3 is 2.31 bits per heavy atom. The molecule has 0 spiro atoms. The molecule has 1 N–H and O–H groups in total. The van der Waals surface area contributed by atoms with Gasteiger partial charge in [0, 0.05) is 26.2 Å². The Labute approximate surface area is 182 Å². The fourth-order valence-electron chi connectivity index (χ4n) is 3.76. The Morgan fingerprint density at radius 1 is 1.19 bits per heavy atom. The summed E-state index contributed by atoms with van der Waals surface area (Å²) in [5, 5.41) is 5.40. The lowest BCUT2D eigenvalue weighted by Crippen LogP contribution is -2.48. The number of carbonyl (C=O) groups excluding carboxylic acids is 1. The molecule has 1 aliphatic rings. The van der Waals surface area contributed by atoms with E-state index in [4.69, 9.17) is 0 Å². The summed E-state index contributed by atoms with van der Waals surface area (Å²) in [6.45, 7) is 3.47. The summed E-state index contributed by atoms with van der Waals surface area (Å²) < 4.78 is 77.7. The van der Waals surface area contributed by atoms with Crippen LogP contribution in [-0.2, 0) is 23.1 Å². The molecule has 3 rings (SSSR count). The van der Waals surface area contributed by atoms with E-state index in [0.717, 1.165) is 17.8 Å². The van der Waals surface area contributed by atoms with E-state index in [9.17, 15) is 30.8 Å². The normalized spacial score (nSPS) is 16.3. The first-order valence-electron chi connectivity index (χ1n) is 9.77. The monoisotopic (exact) mass is 477 g/mol. The largest absolute Gasteiger partial charge is 0.435 e. The Kier molecular flexibility index (Phi) is 6.24. The van der Waals surface area contributed by atoms with Gasteiger partial charge < -0.3 is 10.2 Å². The molecule has 0 aromatic carbocycles. The number of pyridine rings is 1. The van der Waals surface area contributed by atoms with Gasteiger partial charge in [0.25, 0.3) is 0 Å². The van der Waals surface area contributed by atoms with Crippen LogP contribution in [0.25, 0.3) is 0 Å². The zero-order chi connectivity index (χ0) is 23.9. The highest BCUT2D eigenvalue weighted by Crippen LogP contribution is 2.39. The molecule has 2 aromatic heterocycles. The number of halogens is 4. The Morgan fingerprint density at radius 2 is 1.81 bits per heavy atom. The van der Waals surface area contributed by atoms with Gasteiger partial charge >= 0.3 is 12.2 Å². The molecular weight excluding hydrogens is 454 g/mol. The molecular formula is C19H23F4N5O3S. The maximum Gasteiger partial charge on any atom is 0.435 e. The van der Waals surface area contributed by atoms with Crippen molar-refractivity contribution in [2.24, 2.45) is 13.0 Å². The zero-order valence-electron chi connectivity index (χ0n) is 17.6. The van der Waals surface area contributed by atoms with Crippen LogP contribution in [0.3, 0.4) is 0 Å². The number of aromatic nitrogens is 3. The Balaban J connectivity index is 1.70. The molecule has 1 fully saturated rings. The summed E-state index contributed by atoms with van der Waals surface area (Å²) in [7, 11) is -3.00. The van der Waals surface area contributed by atoms with Crippen LogP contribution in [0.5, 0.6) is 0 Å². The van der Waals surface area contributed by atoms with Crippen molar-refractivity contribution in [2.45, 2.75) is 42.6 Å². The van der Waals surface area contributed by atoms with Gasteiger partial charge in [0.2, 0.25) is 15.8 Å².